The van der Waals surface area contributed by atoms with Crippen molar-refractivity contribution >= 4 is 11.7 Å². The van der Waals surface area contributed by atoms with Gasteiger partial charge in [0.15, 0.2) is 0 Å². The number of hydrogen-bond donors (Lipinski definition) is 3. The summed E-state index contributed by atoms with van der Waals surface area (Å²) >= 11 is 0. The number of nitrogens with one attached hydrogen (secondary N) is 2. The number of rotatable bonds is 3. The number of aromatic amines is 1. The summed E-state index contributed by atoms with van der Waals surface area (Å²) in [6.45, 7) is 0.653. The molecule has 3 N–H and O–H groups in total. The molecule has 7 heteroatoms. The summed E-state index contributed by atoms with van der Waals surface area (Å²) in [5.41, 5.74) is 1.97. The SMILES string of the molecule is O=C(Nc1cn[nH]c1-c1ccccn1)N1CCC[C@@H]1CO. The number of urea groups is 1. The lowest BCUT2D eigenvalue weighted by atomic mass is 10.2. The smallest absolute Gasteiger partial charge is 0.322 e. The van der Waals surface area contributed by atoms with E-state index in [4.69, 9.17) is 0 Å². The first-order valence-electron chi connectivity index (χ1n) is 6.93. The van der Waals surface area contributed by atoms with E-state index in [-0.39, 0.29) is 18.7 Å². The van der Waals surface area contributed by atoms with Gasteiger partial charge in [-0.2, -0.15) is 5.10 Å². The normalized spacial score (nSPS) is 18.0. The first kappa shape index (κ1) is 13.6. The van der Waals surface area contributed by atoms with E-state index in [1.54, 1.807) is 17.3 Å². The number of amides is 2. The van der Waals surface area contributed by atoms with Crippen LogP contribution >= 0.6 is 0 Å². The lowest BCUT2D eigenvalue weighted by Crippen LogP contribution is -2.40. The molecular formula is C14H17N5O2. The van der Waals surface area contributed by atoms with Gasteiger partial charge in [0.25, 0.3) is 0 Å². The fourth-order valence-corrected chi connectivity index (χ4v) is 2.57. The summed E-state index contributed by atoms with van der Waals surface area (Å²) in [5, 5.41) is 18.9. The van der Waals surface area contributed by atoms with Crippen molar-refractivity contribution in [3.63, 3.8) is 0 Å². The van der Waals surface area contributed by atoms with Gasteiger partial charge in [-0.3, -0.25) is 10.1 Å². The topological polar surface area (TPSA) is 94.1 Å². The van der Waals surface area contributed by atoms with Crippen molar-refractivity contribution in [1.29, 1.82) is 0 Å². The molecule has 7 nitrogen and oxygen atoms in total. The summed E-state index contributed by atoms with van der Waals surface area (Å²) in [6.07, 6.45) is 5.00. The summed E-state index contributed by atoms with van der Waals surface area (Å²) in [6, 6.07) is 5.22. The Morgan fingerprint density at radius 2 is 2.43 bits per heavy atom. The van der Waals surface area contributed by atoms with E-state index in [9.17, 15) is 9.90 Å². The number of H-pyrrole nitrogens is 1. The van der Waals surface area contributed by atoms with Gasteiger partial charge in [0, 0.05) is 12.7 Å². The van der Waals surface area contributed by atoms with Crippen molar-refractivity contribution < 1.29 is 9.90 Å². The Morgan fingerprint density at radius 3 is 3.19 bits per heavy atom. The summed E-state index contributed by atoms with van der Waals surface area (Å²) in [7, 11) is 0. The zero-order valence-electron chi connectivity index (χ0n) is 11.5. The van der Waals surface area contributed by atoms with Crippen LogP contribution < -0.4 is 5.32 Å². The van der Waals surface area contributed by atoms with Crippen LogP contribution in [0.3, 0.4) is 0 Å². The first-order chi connectivity index (χ1) is 10.3. The van der Waals surface area contributed by atoms with Crippen molar-refractivity contribution in [3.05, 3.63) is 30.6 Å². The molecule has 3 heterocycles. The highest BCUT2D eigenvalue weighted by molar-refractivity contribution is 5.93. The van der Waals surface area contributed by atoms with E-state index < -0.39 is 0 Å². The monoisotopic (exact) mass is 287 g/mol. The van der Waals surface area contributed by atoms with Crippen LogP contribution in [-0.2, 0) is 0 Å². The van der Waals surface area contributed by atoms with Gasteiger partial charge in [-0.25, -0.2) is 4.79 Å². The maximum atomic E-state index is 12.3. The fourth-order valence-electron chi connectivity index (χ4n) is 2.57. The van der Waals surface area contributed by atoms with Gasteiger partial charge in [-0.05, 0) is 25.0 Å². The highest BCUT2D eigenvalue weighted by atomic mass is 16.3. The lowest BCUT2D eigenvalue weighted by Gasteiger charge is -2.23. The van der Waals surface area contributed by atoms with Gasteiger partial charge in [-0.15, -0.1) is 0 Å². The minimum atomic E-state index is -0.217. The standard InChI is InChI=1S/C14H17N5O2/c20-9-10-4-3-7-19(10)14(21)17-12-8-16-18-13(12)11-5-1-2-6-15-11/h1-2,5-6,8,10,20H,3-4,7,9H2,(H,16,18)(H,17,21)/t10-/m1/s1. The Morgan fingerprint density at radius 1 is 1.52 bits per heavy atom. The predicted octanol–water partition coefficient (Wildman–Crippen LogP) is 1.46. The van der Waals surface area contributed by atoms with Crippen LogP contribution in [0.5, 0.6) is 0 Å². The molecule has 110 valence electrons. The third kappa shape index (κ3) is 2.73. The highest BCUT2D eigenvalue weighted by Crippen LogP contribution is 2.24. The van der Waals surface area contributed by atoms with E-state index in [1.165, 1.54) is 0 Å². The minimum Gasteiger partial charge on any atom is -0.394 e. The van der Waals surface area contributed by atoms with Crippen LogP contribution in [0.15, 0.2) is 30.6 Å². The van der Waals surface area contributed by atoms with Crippen molar-refractivity contribution in [2.24, 2.45) is 0 Å². The number of pyridine rings is 1. The number of aromatic nitrogens is 3. The van der Waals surface area contributed by atoms with E-state index in [0.717, 1.165) is 12.8 Å². The lowest BCUT2D eigenvalue weighted by molar-refractivity contribution is 0.166. The van der Waals surface area contributed by atoms with Gasteiger partial charge in [-0.1, -0.05) is 6.07 Å². The Hall–Kier alpha value is -2.41. The number of carbonyl (C=O) groups excluding carboxylic acids is 1. The molecule has 0 saturated carbocycles. The molecule has 21 heavy (non-hydrogen) atoms. The second-order valence-electron chi connectivity index (χ2n) is 4.98. The molecule has 0 aliphatic carbocycles. The number of aliphatic hydroxyl groups is 1. The van der Waals surface area contributed by atoms with Gasteiger partial charge in [0.05, 0.1) is 30.2 Å². The first-order valence-corrected chi connectivity index (χ1v) is 6.93. The number of carbonyl (C=O) groups is 1. The zero-order valence-corrected chi connectivity index (χ0v) is 11.5. The second kappa shape index (κ2) is 5.92. The van der Waals surface area contributed by atoms with Gasteiger partial charge in [0.1, 0.15) is 5.69 Å². The molecule has 1 aliphatic heterocycles. The molecular weight excluding hydrogens is 270 g/mol. The molecule has 0 aromatic carbocycles. The summed E-state index contributed by atoms with van der Waals surface area (Å²) in [5.74, 6) is 0. The Kier molecular flexibility index (Phi) is 3.83. The van der Waals surface area contributed by atoms with Crippen LogP contribution in [0, 0.1) is 0 Å². The molecule has 2 aromatic heterocycles. The molecule has 3 rings (SSSR count). The van der Waals surface area contributed by atoms with Gasteiger partial charge in [0.2, 0.25) is 0 Å². The van der Waals surface area contributed by atoms with E-state index in [1.807, 2.05) is 18.2 Å². The van der Waals surface area contributed by atoms with Crippen LogP contribution in [0.2, 0.25) is 0 Å². The molecule has 0 unspecified atom stereocenters. The summed E-state index contributed by atoms with van der Waals surface area (Å²) < 4.78 is 0. The van der Waals surface area contributed by atoms with Crippen molar-refractivity contribution in [2.45, 2.75) is 18.9 Å². The molecule has 0 radical (unpaired) electrons. The van der Waals surface area contributed by atoms with E-state index in [2.05, 4.69) is 20.5 Å². The molecule has 1 aliphatic rings. The average Bonchev–Trinajstić information content (AvgIpc) is 3.16. The van der Waals surface area contributed by atoms with E-state index >= 15 is 0 Å². The molecule has 1 atom stereocenters. The largest absolute Gasteiger partial charge is 0.394 e. The van der Waals surface area contributed by atoms with Crippen LogP contribution in [0.1, 0.15) is 12.8 Å². The highest BCUT2D eigenvalue weighted by Gasteiger charge is 2.28. The third-order valence-corrected chi connectivity index (χ3v) is 3.65. The number of likely N-dealkylation sites (tertiary alicyclic amines) is 1. The molecule has 0 spiro atoms. The maximum Gasteiger partial charge on any atom is 0.322 e. The molecule has 2 aromatic rings. The van der Waals surface area contributed by atoms with Gasteiger partial charge >= 0.3 is 6.03 Å². The average molecular weight is 287 g/mol. The quantitative estimate of drug-likeness (QED) is 0.796. The molecule has 2 amide bonds. The number of aliphatic hydroxyl groups excluding tert-OH is 1. The fraction of sp³-hybridized carbons (Fsp3) is 0.357. The Balaban J connectivity index is 1.77. The van der Waals surface area contributed by atoms with Crippen LogP contribution in [0.4, 0.5) is 10.5 Å². The molecule has 1 fully saturated rings. The number of anilines is 1. The zero-order chi connectivity index (χ0) is 14.7. The molecule has 0 bridgehead atoms. The van der Waals surface area contributed by atoms with Crippen LogP contribution in [-0.4, -0.2) is 50.4 Å². The second-order valence-corrected chi connectivity index (χ2v) is 4.98. The minimum absolute atomic E-state index is 0.00803. The predicted molar refractivity (Wildman–Crippen MR) is 77.7 cm³/mol. The van der Waals surface area contributed by atoms with Crippen molar-refractivity contribution in [1.82, 2.24) is 20.1 Å². The van der Waals surface area contributed by atoms with Gasteiger partial charge < -0.3 is 15.3 Å². The Bertz CT molecular complexity index is 613. The summed E-state index contributed by atoms with van der Waals surface area (Å²) in [4.78, 5) is 18.2. The maximum absolute atomic E-state index is 12.3. The number of hydrogen-bond acceptors (Lipinski definition) is 4. The van der Waals surface area contributed by atoms with Crippen LogP contribution in [0.25, 0.3) is 11.4 Å². The third-order valence-electron chi connectivity index (χ3n) is 3.65. The Labute approximate surface area is 122 Å². The molecule has 1 saturated heterocycles. The van der Waals surface area contributed by atoms with Crippen molar-refractivity contribution in [3.8, 4) is 11.4 Å². The van der Waals surface area contributed by atoms with E-state index in [0.29, 0.717) is 23.6 Å². The van der Waals surface area contributed by atoms with Crippen molar-refractivity contribution in [2.75, 3.05) is 18.5 Å². The number of nitrogens with zero attached hydrogens (tertiary/aromatic N) is 3.